The van der Waals surface area contributed by atoms with Crippen LogP contribution in [-0.2, 0) is 6.42 Å². The van der Waals surface area contributed by atoms with Gasteiger partial charge in [0, 0.05) is 25.0 Å². The van der Waals surface area contributed by atoms with Crippen molar-refractivity contribution in [3.63, 3.8) is 0 Å². The zero-order chi connectivity index (χ0) is 17.5. The topological polar surface area (TPSA) is 0 Å². The second kappa shape index (κ2) is 6.68. The first kappa shape index (κ1) is 16.3. The molecule has 0 spiro atoms. The summed E-state index contributed by atoms with van der Waals surface area (Å²) in [5.41, 5.74) is 0. The van der Waals surface area contributed by atoms with Crippen molar-refractivity contribution in [3.8, 4) is 0 Å². The van der Waals surface area contributed by atoms with Gasteiger partial charge in [-0.25, -0.2) is 0 Å². The summed E-state index contributed by atoms with van der Waals surface area (Å²) in [6.07, 6.45) is 6.56. The minimum absolute atomic E-state index is 1.23. The first-order valence-electron chi connectivity index (χ1n) is 9.58. The van der Waals surface area contributed by atoms with Crippen molar-refractivity contribution in [2.45, 2.75) is 39.0 Å². The molecule has 0 aliphatic heterocycles. The van der Waals surface area contributed by atoms with E-state index in [0.29, 0.717) is 0 Å². The summed E-state index contributed by atoms with van der Waals surface area (Å²) >= 11 is 3.85. The standard InChI is InChI=1S/C24H22S2/c1-2-3-4-5-6-20-13-19-10-9-18-14-21-17(15-22(18)24(19)26-20)8-7-16-11-12-25-23(16)21/h7-15H,2-6H2,1H3. The van der Waals surface area contributed by atoms with E-state index in [9.17, 15) is 0 Å². The van der Waals surface area contributed by atoms with E-state index in [1.807, 2.05) is 22.7 Å². The van der Waals surface area contributed by atoms with Crippen molar-refractivity contribution in [1.29, 1.82) is 0 Å². The SMILES string of the molecule is CCCCCCc1cc2ccc3cc4c(ccc5ccsc54)cc3c2s1. The van der Waals surface area contributed by atoms with E-state index >= 15 is 0 Å². The van der Waals surface area contributed by atoms with Crippen molar-refractivity contribution in [2.75, 3.05) is 0 Å². The molecule has 0 bridgehead atoms. The molecule has 2 heterocycles. The summed E-state index contributed by atoms with van der Waals surface area (Å²) in [5.74, 6) is 0. The quantitative estimate of drug-likeness (QED) is 0.213. The fourth-order valence-electron chi connectivity index (χ4n) is 3.97. The van der Waals surface area contributed by atoms with Crippen LogP contribution in [0.2, 0.25) is 0 Å². The van der Waals surface area contributed by atoms with Gasteiger partial charge in [0.1, 0.15) is 0 Å². The summed E-state index contributed by atoms with van der Waals surface area (Å²) in [5, 5.41) is 10.5. The number of thiophene rings is 2. The molecule has 0 atom stereocenters. The molecule has 0 N–H and O–H groups in total. The van der Waals surface area contributed by atoms with Gasteiger partial charge < -0.3 is 0 Å². The van der Waals surface area contributed by atoms with Gasteiger partial charge in [-0.2, -0.15) is 0 Å². The van der Waals surface area contributed by atoms with Gasteiger partial charge in [-0.1, -0.05) is 50.5 Å². The molecule has 5 aromatic rings. The fourth-order valence-corrected chi connectivity index (χ4v) is 6.13. The van der Waals surface area contributed by atoms with Crippen LogP contribution in [0, 0.1) is 0 Å². The summed E-state index contributed by atoms with van der Waals surface area (Å²) in [6.45, 7) is 2.28. The normalized spacial score (nSPS) is 12.0. The van der Waals surface area contributed by atoms with E-state index < -0.39 is 0 Å². The molecular formula is C24H22S2. The van der Waals surface area contributed by atoms with Crippen molar-refractivity contribution in [2.24, 2.45) is 0 Å². The van der Waals surface area contributed by atoms with Gasteiger partial charge in [0.25, 0.3) is 0 Å². The Labute approximate surface area is 162 Å². The molecule has 2 aromatic heterocycles. The highest BCUT2D eigenvalue weighted by atomic mass is 32.1. The zero-order valence-electron chi connectivity index (χ0n) is 15.0. The van der Waals surface area contributed by atoms with Crippen LogP contribution in [-0.4, -0.2) is 0 Å². The maximum absolute atomic E-state index is 2.41. The van der Waals surface area contributed by atoms with Crippen LogP contribution in [0.4, 0.5) is 0 Å². The van der Waals surface area contributed by atoms with Crippen molar-refractivity contribution >= 4 is 64.4 Å². The molecule has 0 saturated heterocycles. The van der Waals surface area contributed by atoms with Gasteiger partial charge in [-0.15, -0.1) is 22.7 Å². The average Bonchev–Trinajstić information content (AvgIpc) is 3.30. The number of fused-ring (bicyclic) bond motifs is 6. The highest BCUT2D eigenvalue weighted by Gasteiger charge is 2.09. The van der Waals surface area contributed by atoms with Crippen LogP contribution in [0.1, 0.15) is 37.5 Å². The van der Waals surface area contributed by atoms with Crippen molar-refractivity contribution in [3.05, 3.63) is 58.8 Å². The molecule has 0 aliphatic rings. The zero-order valence-corrected chi connectivity index (χ0v) is 16.7. The maximum Gasteiger partial charge on any atom is 0.0424 e. The fraction of sp³-hybridized carbons (Fsp3) is 0.250. The van der Waals surface area contributed by atoms with E-state index in [0.717, 1.165) is 0 Å². The van der Waals surface area contributed by atoms with E-state index in [1.165, 1.54) is 78.7 Å². The van der Waals surface area contributed by atoms with Gasteiger partial charge in [-0.3, -0.25) is 0 Å². The Morgan fingerprint density at radius 3 is 2.23 bits per heavy atom. The molecule has 0 unspecified atom stereocenters. The highest BCUT2D eigenvalue weighted by Crippen LogP contribution is 2.38. The third kappa shape index (κ3) is 2.72. The van der Waals surface area contributed by atoms with Crippen molar-refractivity contribution in [1.82, 2.24) is 0 Å². The maximum atomic E-state index is 2.41. The lowest BCUT2D eigenvalue weighted by Crippen LogP contribution is -1.80. The molecule has 3 aromatic carbocycles. The minimum Gasteiger partial charge on any atom is -0.143 e. The molecule has 0 fully saturated rings. The monoisotopic (exact) mass is 374 g/mol. The molecule has 5 rings (SSSR count). The van der Waals surface area contributed by atoms with Crippen LogP contribution < -0.4 is 0 Å². The van der Waals surface area contributed by atoms with Gasteiger partial charge in [0.05, 0.1) is 0 Å². The first-order valence-corrected chi connectivity index (χ1v) is 11.3. The highest BCUT2D eigenvalue weighted by molar-refractivity contribution is 7.20. The predicted molar refractivity (Wildman–Crippen MR) is 120 cm³/mol. The number of rotatable bonds is 5. The molecule has 0 nitrogen and oxygen atoms in total. The Morgan fingerprint density at radius 2 is 1.42 bits per heavy atom. The Hall–Kier alpha value is -1.90. The first-order chi connectivity index (χ1) is 12.8. The number of benzene rings is 3. The third-order valence-corrected chi connectivity index (χ3v) is 7.59. The lowest BCUT2D eigenvalue weighted by molar-refractivity contribution is 0.670. The van der Waals surface area contributed by atoms with E-state index in [2.05, 4.69) is 60.8 Å². The number of hydrogen-bond acceptors (Lipinski definition) is 2. The van der Waals surface area contributed by atoms with E-state index in [-0.39, 0.29) is 0 Å². The van der Waals surface area contributed by atoms with Gasteiger partial charge in [-0.05, 0) is 64.0 Å². The molecular weight excluding hydrogens is 352 g/mol. The predicted octanol–water partition coefficient (Wildman–Crippen LogP) is 8.55. The lowest BCUT2D eigenvalue weighted by Gasteiger charge is -2.05. The summed E-state index contributed by atoms with van der Waals surface area (Å²) in [6, 6.07) is 18.6. The second-order valence-electron chi connectivity index (χ2n) is 7.21. The Bertz CT molecular complexity index is 1220. The summed E-state index contributed by atoms with van der Waals surface area (Å²) in [4.78, 5) is 1.54. The van der Waals surface area contributed by atoms with Crippen LogP contribution in [0.5, 0.6) is 0 Å². The largest absolute Gasteiger partial charge is 0.143 e. The average molecular weight is 375 g/mol. The molecule has 130 valence electrons. The molecule has 0 amide bonds. The lowest BCUT2D eigenvalue weighted by atomic mass is 10.0. The number of hydrogen-bond donors (Lipinski definition) is 0. The Kier molecular flexibility index (Phi) is 4.18. The molecule has 2 heteroatoms. The Balaban J connectivity index is 1.64. The summed E-state index contributed by atoms with van der Waals surface area (Å²) < 4.78 is 2.87. The number of unbranched alkanes of at least 4 members (excludes halogenated alkanes) is 3. The third-order valence-electron chi connectivity index (χ3n) is 5.38. The smallest absolute Gasteiger partial charge is 0.0424 e. The van der Waals surface area contributed by atoms with Gasteiger partial charge in [0.15, 0.2) is 0 Å². The Morgan fingerprint density at radius 1 is 0.692 bits per heavy atom. The van der Waals surface area contributed by atoms with E-state index in [1.54, 1.807) is 0 Å². The van der Waals surface area contributed by atoms with Crippen LogP contribution in [0.25, 0.3) is 41.7 Å². The summed E-state index contributed by atoms with van der Waals surface area (Å²) in [7, 11) is 0. The molecule has 0 radical (unpaired) electrons. The van der Waals surface area contributed by atoms with Crippen LogP contribution in [0.3, 0.4) is 0 Å². The van der Waals surface area contributed by atoms with Gasteiger partial charge >= 0.3 is 0 Å². The molecule has 26 heavy (non-hydrogen) atoms. The van der Waals surface area contributed by atoms with Crippen molar-refractivity contribution < 1.29 is 0 Å². The number of aryl methyl sites for hydroxylation is 1. The van der Waals surface area contributed by atoms with Crippen LogP contribution >= 0.6 is 22.7 Å². The minimum atomic E-state index is 1.23. The van der Waals surface area contributed by atoms with Gasteiger partial charge in [0.2, 0.25) is 0 Å². The second-order valence-corrected chi connectivity index (χ2v) is 9.26. The molecule has 0 saturated carbocycles. The van der Waals surface area contributed by atoms with E-state index in [4.69, 9.17) is 0 Å². The van der Waals surface area contributed by atoms with Crippen LogP contribution in [0.15, 0.2) is 53.9 Å². The molecule has 0 aliphatic carbocycles.